The number of aliphatic imine (C=N–C) groups is 1. The molecule has 5 heteroatoms. The van der Waals surface area contributed by atoms with Crippen LogP contribution >= 0.6 is 11.3 Å². The lowest BCUT2D eigenvalue weighted by atomic mass is 10.0. The van der Waals surface area contributed by atoms with Crippen molar-refractivity contribution in [2.45, 2.75) is 32.2 Å². The molecule has 0 amide bonds. The van der Waals surface area contributed by atoms with Gasteiger partial charge >= 0.3 is 0 Å². The van der Waals surface area contributed by atoms with Crippen LogP contribution < -0.4 is 10.6 Å². The topological polar surface area (TPSA) is 39.7 Å². The number of amidine groups is 1. The molecule has 0 radical (unpaired) electrons. The number of nitrogens with zero attached hydrogens (tertiary/aromatic N) is 2. The van der Waals surface area contributed by atoms with Crippen molar-refractivity contribution in [1.82, 2.24) is 10.2 Å². The summed E-state index contributed by atoms with van der Waals surface area (Å²) >= 11 is 1.81. The molecular weight excluding hydrogens is 388 g/mol. The standard InChI is InChI=1S/C25H28N4S/c1-18-16-21-24(27-22-12-5-6-13-23(22)28-25(21)30-18)29-15-14-26-20(17-29)11-7-10-19-8-3-2-4-9-19/h2-6,8-9,12-13,16,20,26,28H,7,10-11,14-15,17H2,1H3. The number of aryl methyl sites for hydroxylation is 2. The zero-order valence-electron chi connectivity index (χ0n) is 17.4. The average molecular weight is 417 g/mol. The molecule has 1 fully saturated rings. The Morgan fingerprint density at radius 3 is 2.83 bits per heavy atom. The maximum absolute atomic E-state index is 5.14. The minimum absolute atomic E-state index is 0.500. The fraction of sp³-hybridized carbons (Fsp3) is 0.320. The van der Waals surface area contributed by atoms with Crippen LogP contribution in [0.1, 0.15) is 28.8 Å². The zero-order chi connectivity index (χ0) is 20.3. The van der Waals surface area contributed by atoms with Gasteiger partial charge in [-0.15, -0.1) is 11.3 Å². The smallest absolute Gasteiger partial charge is 0.139 e. The minimum Gasteiger partial charge on any atom is -0.353 e. The van der Waals surface area contributed by atoms with Gasteiger partial charge in [-0.05, 0) is 49.9 Å². The Morgan fingerprint density at radius 2 is 1.93 bits per heavy atom. The van der Waals surface area contributed by atoms with Crippen LogP contribution in [-0.4, -0.2) is 36.4 Å². The first-order valence-corrected chi connectivity index (χ1v) is 11.7. The van der Waals surface area contributed by atoms with E-state index >= 15 is 0 Å². The molecule has 0 saturated carbocycles. The molecule has 30 heavy (non-hydrogen) atoms. The van der Waals surface area contributed by atoms with Gasteiger partial charge in [-0.2, -0.15) is 0 Å². The van der Waals surface area contributed by atoms with E-state index in [1.807, 2.05) is 11.3 Å². The van der Waals surface area contributed by atoms with Crippen LogP contribution in [0, 0.1) is 6.92 Å². The SMILES string of the molecule is Cc1cc2c(s1)Nc1ccccc1N=C2N1CCNC(CCCc2ccccc2)C1. The number of hydrogen-bond donors (Lipinski definition) is 2. The number of piperazine rings is 1. The van der Waals surface area contributed by atoms with Crippen LogP contribution in [0.4, 0.5) is 16.4 Å². The quantitative estimate of drug-likeness (QED) is 0.591. The molecule has 3 aromatic rings. The van der Waals surface area contributed by atoms with Crippen LogP contribution in [0.25, 0.3) is 0 Å². The average Bonchev–Trinajstić information content (AvgIpc) is 3.06. The Labute approximate surface area is 182 Å². The predicted octanol–water partition coefficient (Wildman–Crippen LogP) is 5.49. The molecule has 0 aliphatic carbocycles. The molecule has 5 rings (SSSR count). The highest BCUT2D eigenvalue weighted by Crippen LogP contribution is 2.39. The summed E-state index contributed by atoms with van der Waals surface area (Å²) in [5.74, 6) is 1.11. The maximum Gasteiger partial charge on any atom is 0.139 e. The largest absolute Gasteiger partial charge is 0.353 e. The Bertz CT molecular complexity index is 1040. The minimum atomic E-state index is 0.500. The lowest BCUT2D eigenvalue weighted by Crippen LogP contribution is -2.52. The highest BCUT2D eigenvalue weighted by molar-refractivity contribution is 7.16. The molecule has 154 valence electrons. The first-order valence-electron chi connectivity index (χ1n) is 10.8. The van der Waals surface area contributed by atoms with Gasteiger partial charge in [0.1, 0.15) is 10.8 Å². The Hall–Kier alpha value is -2.63. The maximum atomic E-state index is 5.14. The van der Waals surface area contributed by atoms with E-state index in [9.17, 15) is 0 Å². The highest BCUT2D eigenvalue weighted by atomic mass is 32.1. The second kappa shape index (κ2) is 8.62. The Balaban J connectivity index is 1.34. The highest BCUT2D eigenvalue weighted by Gasteiger charge is 2.27. The van der Waals surface area contributed by atoms with Gasteiger partial charge in [0, 0.05) is 30.6 Å². The van der Waals surface area contributed by atoms with Crippen molar-refractivity contribution in [3.63, 3.8) is 0 Å². The van der Waals surface area contributed by atoms with Gasteiger partial charge in [0.05, 0.1) is 16.9 Å². The van der Waals surface area contributed by atoms with Gasteiger partial charge in [-0.1, -0.05) is 42.5 Å². The predicted molar refractivity (Wildman–Crippen MR) is 128 cm³/mol. The van der Waals surface area contributed by atoms with E-state index in [1.54, 1.807) is 0 Å². The van der Waals surface area contributed by atoms with E-state index < -0.39 is 0 Å². The van der Waals surface area contributed by atoms with Crippen molar-refractivity contribution in [2.24, 2.45) is 4.99 Å². The van der Waals surface area contributed by atoms with Crippen molar-refractivity contribution < 1.29 is 0 Å². The third-order valence-electron chi connectivity index (χ3n) is 5.89. The number of rotatable bonds is 4. The molecule has 4 nitrogen and oxygen atoms in total. The van der Waals surface area contributed by atoms with Gasteiger partial charge < -0.3 is 15.5 Å². The molecule has 2 aliphatic rings. The zero-order valence-corrected chi connectivity index (χ0v) is 18.2. The van der Waals surface area contributed by atoms with E-state index in [4.69, 9.17) is 4.99 Å². The van der Waals surface area contributed by atoms with Gasteiger partial charge in [0.15, 0.2) is 0 Å². The summed E-state index contributed by atoms with van der Waals surface area (Å²) in [6, 6.07) is 21.9. The number of fused-ring (bicyclic) bond motifs is 2. The van der Waals surface area contributed by atoms with Crippen LogP contribution in [0.3, 0.4) is 0 Å². The molecule has 1 saturated heterocycles. The third kappa shape index (κ3) is 4.13. The molecule has 1 aromatic heterocycles. The van der Waals surface area contributed by atoms with Gasteiger partial charge in [0.25, 0.3) is 0 Å². The summed E-state index contributed by atoms with van der Waals surface area (Å²) in [4.78, 5) is 8.94. The molecule has 0 bridgehead atoms. The summed E-state index contributed by atoms with van der Waals surface area (Å²) in [6.07, 6.45) is 3.53. The van der Waals surface area contributed by atoms with E-state index in [1.165, 1.54) is 33.8 Å². The number of para-hydroxylation sites is 2. The summed E-state index contributed by atoms with van der Waals surface area (Å²) < 4.78 is 0. The molecule has 2 aromatic carbocycles. The van der Waals surface area contributed by atoms with Crippen molar-refractivity contribution in [3.8, 4) is 0 Å². The summed E-state index contributed by atoms with van der Waals surface area (Å²) in [7, 11) is 0. The normalized spacial score (nSPS) is 18.1. The van der Waals surface area contributed by atoms with Crippen LogP contribution in [0.2, 0.25) is 0 Å². The number of nitrogens with one attached hydrogen (secondary N) is 2. The van der Waals surface area contributed by atoms with Crippen LogP contribution in [-0.2, 0) is 6.42 Å². The molecule has 0 spiro atoms. The second-order valence-electron chi connectivity index (χ2n) is 8.15. The molecule has 1 unspecified atom stereocenters. The van der Waals surface area contributed by atoms with Crippen molar-refractivity contribution >= 4 is 33.5 Å². The lowest BCUT2D eigenvalue weighted by molar-refractivity contribution is 0.279. The fourth-order valence-electron chi connectivity index (χ4n) is 4.40. The first kappa shape index (κ1) is 19.3. The monoisotopic (exact) mass is 416 g/mol. The van der Waals surface area contributed by atoms with Crippen LogP contribution in [0.15, 0.2) is 65.7 Å². The summed E-state index contributed by atoms with van der Waals surface area (Å²) in [6.45, 7) is 5.17. The number of thiophene rings is 1. The molecule has 2 N–H and O–H groups in total. The molecular formula is C25H28N4S. The van der Waals surface area contributed by atoms with E-state index in [0.29, 0.717) is 6.04 Å². The number of anilines is 2. The van der Waals surface area contributed by atoms with E-state index in [0.717, 1.165) is 43.3 Å². The number of hydrogen-bond acceptors (Lipinski definition) is 5. The van der Waals surface area contributed by atoms with Gasteiger partial charge in [0.2, 0.25) is 0 Å². The molecule has 3 heterocycles. The number of benzene rings is 2. The molecule has 1 atom stereocenters. The third-order valence-corrected chi connectivity index (χ3v) is 6.86. The van der Waals surface area contributed by atoms with Gasteiger partial charge in [-0.25, -0.2) is 4.99 Å². The summed E-state index contributed by atoms with van der Waals surface area (Å²) in [5, 5.41) is 8.55. The second-order valence-corrected chi connectivity index (χ2v) is 9.41. The lowest BCUT2D eigenvalue weighted by Gasteiger charge is -2.36. The molecule has 2 aliphatic heterocycles. The fourth-order valence-corrected chi connectivity index (χ4v) is 5.32. The van der Waals surface area contributed by atoms with Crippen molar-refractivity contribution in [3.05, 3.63) is 76.7 Å². The van der Waals surface area contributed by atoms with E-state index in [-0.39, 0.29) is 0 Å². The van der Waals surface area contributed by atoms with E-state index in [2.05, 4.69) is 83.1 Å². The van der Waals surface area contributed by atoms with Gasteiger partial charge in [-0.3, -0.25) is 0 Å². The Morgan fingerprint density at radius 1 is 1.10 bits per heavy atom. The van der Waals surface area contributed by atoms with Crippen LogP contribution in [0.5, 0.6) is 0 Å². The summed E-state index contributed by atoms with van der Waals surface area (Å²) in [5.41, 5.74) is 4.77. The van der Waals surface area contributed by atoms with Crippen molar-refractivity contribution in [1.29, 1.82) is 0 Å². The van der Waals surface area contributed by atoms with Crippen molar-refractivity contribution in [2.75, 3.05) is 25.0 Å². The Kier molecular flexibility index (Phi) is 5.56. The first-order chi connectivity index (χ1) is 14.8.